The summed E-state index contributed by atoms with van der Waals surface area (Å²) in [4.78, 5) is 1.25. The predicted octanol–water partition coefficient (Wildman–Crippen LogP) is 3.10. The number of ether oxygens (including phenoxy) is 2. The van der Waals surface area contributed by atoms with Crippen molar-refractivity contribution in [3.05, 3.63) is 28.2 Å². The fraction of sp³-hybridized carbons (Fsp3) is 0.538. The average molecular weight is 253 g/mol. The Balaban J connectivity index is 2.13. The number of hydrogen-bond acceptors (Lipinski definition) is 4. The maximum Gasteiger partial charge on any atom is 0.129 e. The van der Waals surface area contributed by atoms with Gasteiger partial charge in [0.05, 0.1) is 19.8 Å². The monoisotopic (exact) mass is 253 g/mol. The van der Waals surface area contributed by atoms with Gasteiger partial charge in [-0.25, -0.2) is 0 Å². The molecule has 0 amide bonds. The summed E-state index contributed by atoms with van der Waals surface area (Å²) in [7, 11) is 1.70. The summed E-state index contributed by atoms with van der Waals surface area (Å²) in [6.45, 7) is 3.97. The van der Waals surface area contributed by atoms with E-state index in [0.717, 1.165) is 37.5 Å². The third kappa shape index (κ3) is 3.01. The maximum atomic E-state index is 5.67. The van der Waals surface area contributed by atoms with Gasteiger partial charge in [0.25, 0.3) is 0 Å². The van der Waals surface area contributed by atoms with E-state index in [1.807, 2.05) is 5.38 Å². The zero-order valence-electron chi connectivity index (χ0n) is 10.4. The van der Waals surface area contributed by atoms with Crippen molar-refractivity contribution in [3.63, 3.8) is 0 Å². The number of nitrogens with one attached hydrogen (secondary N) is 1. The quantitative estimate of drug-likeness (QED) is 0.845. The molecule has 1 atom stereocenters. The van der Waals surface area contributed by atoms with E-state index in [9.17, 15) is 0 Å². The first-order chi connectivity index (χ1) is 8.35. The molecular weight excluding hydrogens is 234 g/mol. The van der Waals surface area contributed by atoms with Crippen LogP contribution in [-0.4, -0.2) is 20.3 Å². The Hall–Kier alpha value is -1.00. The molecule has 0 fully saturated rings. The molecule has 1 aromatic rings. The summed E-state index contributed by atoms with van der Waals surface area (Å²) in [6.07, 6.45) is 4.31. The van der Waals surface area contributed by atoms with E-state index < -0.39 is 0 Å². The van der Waals surface area contributed by atoms with Crippen LogP contribution in [-0.2, 0) is 4.74 Å². The molecule has 0 spiro atoms. The van der Waals surface area contributed by atoms with Gasteiger partial charge in [-0.2, -0.15) is 0 Å². The maximum absolute atomic E-state index is 5.67. The highest BCUT2D eigenvalue weighted by atomic mass is 32.1. The van der Waals surface area contributed by atoms with E-state index in [2.05, 4.69) is 24.4 Å². The zero-order chi connectivity index (χ0) is 12.1. The van der Waals surface area contributed by atoms with E-state index in [-0.39, 0.29) is 6.04 Å². The van der Waals surface area contributed by atoms with Crippen LogP contribution in [0.5, 0.6) is 5.75 Å². The van der Waals surface area contributed by atoms with Crippen LogP contribution in [0.25, 0.3) is 0 Å². The number of methoxy groups -OCH3 is 1. The van der Waals surface area contributed by atoms with Gasteiger partial charge in [0.15, 0.2) is 0 Å². The van der Waals surface area contributed by atoms with Gasteiger partial charge in [0.2, 0.25) is 0 Å². The Morgan fingerprint density at radius 2 is 2.47 bits per heavy atom. The minimum atomic E-state index is 0.186. The molecule has 2 heterocycles. The summed E-state index contributed by atoms with van der Waals surface area (Å²) in [5.74, 6) is 1.98. The molecule has 4 heteroatoms. The normalized spacial score (nSPS) is 16.5. The van der Waals surface area contributed by atoms with Crippen molar-refractivity contribution in [3.8, 4) is 5.75 Å². The van der Waals surface area contributed by atoms with E-state index in [4.69, 9.17) is 9.47 Å². The number of hydrogen-bond donors (Lipinski definition) is 1. The van der Waals surface area contributed by atoms with E-state index in [0.29, 0.717) is 0 Å². The van der Waals surface area contributed by atoms with Gasteiger partial charge in [-0.15, -0.1) is 11.3 Å². The van der Waals surface area contributed by atoms with Crippen LogP contribution < -0.4 is 10.1 Å². The van der Waals surface area contributed by atoms with Crippen molar-refractivity contribution in [2.45, 2.75) is 25.8 Å². The highest BCUT2D eigenvalue weighted by molar-refractivity contribution is 7.10. The standard InChI is InChI=1S/C13H19NO2S/c1-3-6-14-13(11-5-4-7-16-11)12-8-10(15-2)9-17-12/h5,8-9,13-14H,3-4,6-7H2,1-2H3. The molecule has 0 saturated heterocycles. The third-order valence-corrected chi connectivity index (χ3v) is 3.71. The van der Waals surface area contributed by atoms with Gasteiger partial charge in [-0.3, -0.25) is 0 Å². The summed E-state index contributed by atoms with van der Waals surface area (Å²) in [6, 6.07) is 2.27. The molecule has 3 nitrogen and oxygen atoms in total. The van der Waals surface area contributed by atoms with Crippen LogP contribution in [0.2, 0.25) is 0 Å². The molecule has 1 N–H and O–H groups in total. The molecule has 0 aromatic carbocycles. The average Bonchev–Trinajstić information content (AvgIpc) is 3.00. The first-order valence-corrected chi connectivity index (χ1v) is 6.91. The molecule has 17 heavy (non-hydrogen) atoms. The molecule has 94 valence electrons. The Morgan fingerprint density at radius 3 is 3.06 bits per heavy atom. The molecule has 2 rings (SSSR count). The van der Waals surface area contributed by atoms with Gasteiger partial charge in [0, 0.05) is 16.7 Å². The first-order valence-electron chi connectivity index (χ1n) is 6.03. The lowest BCUT2D eigenvalue weighted by Gasteiger charge is -2.18. The largest absolute Gasteiger partial charge is 0.496 e. The highest BCUT2D eigenvalue weighted by Gasteiger charge is 2.21. The van der Waals surface area contributed by atoms with Crippen LogP contribution in [0.15, 0.2) is 23.3 Å². The van der Waals surface area contributed by atoms with Crippen LogP contribution in [0.4, 0.5) is 0 Å². The van der Waals surface area contributed by atoms with Crippen molar-refractivity contribution in [2.75, 3.05) is 20.3 Å². The Morgan fingerprint density at radius 1 is 1.59 bits per heavy atom. The van der Waals surface area contributed by atoms with Gasteiger partial charge >= 0.3 is 0 Å². The van der Waals surface area contributed by atoms with Crippen molar-refractivity contribution in [1.29, 1.82) is 0 Å². The Kier molecular flexibility index (Phi) is 4.45. The van der Waals surface area contributed by atoms with Crippen LogP contribution in [0, 0.1) is 0 Å². The second kappa shape index (κ2) is 6.07. The summed E-state index contributed by atoms with van der Waals surface area (Å²) < 4.78 is 10.9. The van der Waals surface area contributed by atoms with Crippen molar-refractivity contribution in [1.82, 2.24) is 5.32 Å². The van der Waals surface area contributed by atoms with Crippen molar-refractivity contribution < 1.29 is 9.47 Å². The first kappa shape index (κ1) is 12.5. The fourth-order valence-electron chi connectivity index (χ4n) is 1.86. The summed E-state index contributed by atoms with van der Waals surface area (Å²) in [5, 5.41) is 5.56. The number of thiophene rings is 1. The molecule has 0 aliphatic carbocycles. The third-order valence-electron chi connectivity index (χ3n) is 2.73. The van der Waals surface area contributed by atoms with E-state index in [1.54, 1.807) is 18.4 Å². The lowest BCUT2D eigenvalue weighted by atomic mass is 10.2. The Labute approximate surface area is 106 Å². The lowest BCUT2D eigenvalue weighted by Crippen LogP contribution is -2.23. The van der Waals surface area contributed by atoms with Crippen LogP contribution in [0.1, 0.15) is 30.7 Å². The second-order valence-corrected chi connectivity index (χ2v) is 4.96. The Bertz CT molecular complexity index is 387. The molecule has 1 aromatic heterocycles. The smallest absolute Gasteiger partial charge is 0.129 e. The van der Waals surface area contributed by atoms with E-state index in [1.165, 1.54) is 4.88 Å². The van der Waals surface area contributed by atoms with Gasteiger partial charge in [-0.1, -0.05) is 6.92 Å². The molecule has 1 unspecified atom stereocenters. The van der Waals surface area contributed by atoms with Crippen LogP contribution in [0.3, 0.4) is 0 Å². The molecule has 0 saturated carbocycles. The highest BCUT2D eigenvalue weighted by Crippen LogP contribution is 2.33. The zero-order valence-corrected chi connectivity index (χ0v) is 11.2. The number of rotatable bonds is 6. The van der Waals surface area contributed by atoms with Crippen molar-refractivity contribution >= 4 is 11.3 Å². The summed E-state index contributed by atoms with van der Waals surface area (Å²) in [5.41, 5.74) is 0. The molecule has 1 aliphatic heterocycles. The molecule has 0 radical (unpaired) electrons. The van der Waals surface area contributed by atoms with Gasteiger partial charge < -0.3 is 14.8 Å². The molecule has 1 aliphatic rings. The van der Waals surface area contributed by atoms with Crippen molar-refractivity contribution in [2.24, 2.45) is 0 Å². The fourth-order valence-corrected chi connectivity index (χ4v) is 2.80. The SMILES string of the molecule is CCCNC(C1=CCCO1)c1cc(OC)cs1. The minimum Gasteiger partial charge on any atom is -0.496 e. The van der Waals surface area contributed by atoms with Crippen LogP contribution >= 0.6 is 11.3 Å². The second-order valence-electron chi connectivity index (χ2n) is 4.02. The molecule has 0 bridgehead atoms. The van der Waals surface area contributed by atoms with Gasteiger partial charge in [-0.05, 0) is 25.1 Å². The van der Waals surface area contributed by atoms with Gasteiger partial charge in [0.1, 0.15) is 11.5 Å². The van der Waals surface area contributed by atoms with E-state index >= 15 is 0 Å². The topological polar surface area (TPSA) is 30.5 Å². The molecular formula is C13H19NO2S. The summed E-state index contributed by atoms with van der Waals surface area (Å²) >= 11 is 1.71. The predicted molar refractivity (Wildman–Crippen MR) is 70.6 cm³/mol. The lowest BCUT2D eigenvalue weighted by molar-refractivity contribution is 0.216. The minimum absolute atomic E-state index is 0.186.